The lowest BCUT2D eigenvalue weighted by Gasteiger charge is -2.23. The minimum Gasteiger partial charge on any atom is -0.449 e. The van der Waals surface area contributed by atoms with E-state index in [0.29, 0.717) is 18.7 Å². The number of benzene rings is 2. The van der Waals surface area contributed by atoms with Gasteiger partial charge in [-0.3, -0.25) is 5.32 Å². The topological polar surface area (TPSA) is 74.7 Å². The number of nitrogens with zero attached hydrogens (tertiary/aromatic N) is 2. The Morgan fingerprint density at radius 2 is 2.17 bits per heavy atom. The molecule has 1 amide bonds. The number of carbonyl (C=O) groups excluding carboxylic acids is 1. The lowest BCUT2D eigenvalue weighted by molar-refractivity contribution is 0.163. The van der Waals surface area contributed by atoms with Crippen molar-refractivity contribution < 1.29 is 14.6 Å². The summed E-state index contributed by atoms with van der Waals surface area (Å²) in [7, 11) is 0. The number of nitrogens with one attached hydrogen (secondary N) is 1. The highest BCUT2D eigenvalue weighted by Crippen LogP contribution is 2.25. The molecule has 0 aliphatic carbocycles. The van der Waals surface area contributed by atoms with Crippen LogP contribution in [-0.4, -0.2) is 42.5 Å². The average molecular weight is 426 g/mol. The van der Waals surface area contributed by atoms with E-state index in [2.05, 4.69) is 27.8 Å². The molecule has 1 aromatic heterocycles. The molecular formula is C23H27N3O3S. The first-order valence-electron chi connectivity index (χ1n) is 9.96. The smallest absolute Gasteiger partial charge is 0.411 e. The Bertz CT molecular complexity index is 1030. The second kappa shape index (κ2) is 10.2. The summed E-state index contributed by atoms with van der Waals surface area (Å²) in [5.41, 5.74) is 4.67. The van der Waals surface area contributed by atoms with Crippen LogP contribution in [0.15, 0.2) is 43.0 Å². The zero-order valence-corrected chi connectivity index (χ0v) is 18.2. The third-order valence-electron chi connectivity index (χ3n) is 4.81. The maximum atomic E-state index is 12.2. The summed E-state index contributed by atoms with van der Waals surface area (Å²) >= 11 is 1.60. The number of hydrogen-bond donors (Lipinski definition) is 2. The Labute approximate surface area is 180 Å². The summed E-state index contributed by atoms with van der Waals surface area (Å²) in [6.07, 6.45) is 1.90. The van der Waals surface area contributed by atoms with Gasteiger partial charge in [-0.15, -0.1) is 11.3 Å². The number of ether oxygens (including phenoxy) is 1. The van der Waals surface area contributed by atoms with Crippen molar-refractivity contribution in [2.75, 3.05) is 36.5 Å². The monoisotopic (exact) mass is 425 g/mol. The van der Waals surface area contributed by atoms with Crippen LogP contribution in [-0.2, 0) is 11.2 Å². The van der Waals surface area contributed by atoms with Crippen molar-refractivity contribution in [3.63, 3.8) is 0 Å². The minimum atomic E-state index is -0.483. The van der Waals surface area contributed by atoms with E-state index in [0.717, 1.165) is 38.6 Å². The lowest BCUT2D eigenvalue weighted by Crippen LogP contribution is -2.26. The molecule has 0 spiro atoms. The van der Waals surface area contributed by atoms with Crippen LogP contribution in [0.25, 0.3) is 16.3 Å². The van der Waals surface area contributed by atoms with E-state index < -0.39 is 6.09 Å². The molecule has 3 aromatic rings. The van der Waals surface area contributed by atoms with Gasteiger partial charge in [0, 0.05) is 30.9 Å². The number of aromatic nitrogens is 1. The van der Waals surface area contributed by atoms with Crippen molar-refractivity contribution in [1.82, 2.24) is 4.98 Å². The van der Waals surface area contributed by atoms with Crippen molar-refractivity contribution in [1.29, 1.82) is 0 Å². The number of aliphatic hydroxyl groups excluding tert-OH is 1. The third kappa shape index (κ3) is 5.37. The molecule has 2 N–H and O–H groups in total. The molecule has 7 heteroatoms. The first-order chi connectivity index (χ1) is 14.5. The molecule has 6 nitrogen and oxygen atoms in total. The number of carbonyl (C=O) groups is 1. The molecule has 30 heavy (non-hydrogen) atoms. The molecule has 0 aliphatic rings. The number of anilines is 2. The Morgan fingerprint density at radius 3 is 2.87 bits per heavy atom. The molecule has 0 saturated heterocycles. The fourth-order valence-electron chi connectivity index (χ4n) is 3.18. The van der Waals surface area contributed by atoms with Gasteiger partial charge in [-0.1, -0.05) is 18.7 Å². The van der Waals surface area contributed by atoms with Crippen LogP contribution in [0.2, 0.25) is 0 Å². The minimum absolute atomic E-state index is 0.100. The normalized spacial score (nSPS) is 10.8. The number of thiazole rings is 1. The molecule has 0 unspecified atom stereocenters. The Balaban J connectivity index is 1.54. The maximum absolute atomic E-state index is 12.2. The summed E-state index contributed by atoms with van der Waals surface area (Å²) in [5, 5.41) is 12.9. The highest BCUT2D eigenvalue weighted by molar-refractivity contribution is 7.18. The molecule has 0 atom stereocenters. The van der Waals surface area contributed by atoms with E-state index >= 15 is 0 Å². The van der Waals surface area contributed by atoms with Gasteiger partial charge in [-0.05, 0) is 55.3 Å². The zero-order valence-electron chi connectivity index (χ0n) is 17.4. The van der Waals surface area contributed by atoms with Gasteiger partial charge in [0.15, 0.2) is 0 Å². The fraction of sp³-hybridized carbons (Fsp3) is 0.304. The van der Waals surface area contributed by atoms with Crippen molar-refractivity contribution in [3.05, 3.63) is 59.1 Å². The summed E-state index contributed by atoms with van der Waals surface area (Å²) in [4.78, 5) is 18.8. The van der Waals surface area contributed by atoms with Crippen molar-refractivity contribution in [2.24, 2.45) is 0 Å². The van der Waals surface area contributed by atoms with Gasteiger partial charge < -0.3 is 14.7 Å². The first-order valence-corrected chi connectivity index (χ1v) is 10.8. The van der Waals surface area contributed by atoms with Gasteiger partial charge in [0.1, 0.15) is 0 Å². The third-order valence-corrected chi connectivity index (χ3v) is 5.88. The number of fused-ring (bicyclic) bond motifs is 1. The largest absolute Gasteiger partial charge is 0.449 e. The van der Waals surface area contributed by atoms with Crippen LogP contribution in [0.5, 0.6) is 0 Å². The van der Waals surface area contributed by atoms with Crippen molar-refractivity contribution >= 4 is 45.1 Å². The zero-order chi connectivity index (χ0) is 21.5. The van der Waals surface area contributed by atoms with Crippen molar-refractivity contribution in [2.45, 2.75) is 20.3 Å². The fourth-order valence-corrected chi connectivity index (χ4v) is 4.17. The molecule has 3 rings (SSSR count). The van der Waals surface area contributed by atoms with Gasteiger partial charge in [0.25, 0.3) is 0 Å². The number of rotatable bonds is 9. The van der Waals surface area contributed by atoms with Crippen LogP contribution in [0.3, 0.4) is 0 Å². The second-order valence-electron chi connectivity index (χ2n) is 6.85. The molecule has 0 fully saturated rings. The molecule has 2 aromatic carbocycles. The average Bonchev–Trinajstić information content (AvgIpc) is 3.15. The van der Waals surface area contributed by atoms with E-state index in [1.165, 1.54) is 0 Å². The van der Waals surface area contributed by atoms with Gasteiger partial charge in [-0.2, -0.15) is 0 Å². The van der Waals surface area contributed by atoms with E-state index in [-0.39, 0.29) is 13.2 Å². The van der Waals surface area contributed by atoms with Crippen molar-refractivity contribution in [3.8, 4) is 0 Å². The highest BCUT2D eigenvalue weighted by Gasteiger charge is 2.10. The van der Waals surface area contributed by atoms with Crippen LogP contribution in [0, 0.1) is 6.92 Å². The molecule has 0 bridgehead atoms. The van der Waals surface area contributed by atoms with E-state index in [1.54, 1.807) is 11.3 Å². The van der Waals surface area contributed by atoms with Crippen LogP contribution in [0.4, 0.5) is 16.2 Å². The number of hydrogen-bond acceptors (Lipinski definition) is 6. The SMILES string of the molecule is C=Cc1ccc2nc(CCOC(=O)Nc3ccc(N(CC)CCO)cc3C)sc2c1. The van der Waals surface area contributed by atoms with Crippen LogP contribution < -0.4 is 10.2 Å². The Kier molecular flexibility index (Phi) is 7.43. The molecular weight excluding hydrogens is 398 g/mol. The summed E-state index contributed by atoms with van der Waals surface area (Å²) < 4.78 is 6.44. The maximum Gasteiger partial charge on any atom is 0.411 e. The summed E-state index contributed by atoms with van der Waals surface area (Å²) in [6.45, 7) is 9.50. The molecule has 1 heterocycles. The van der Waals surface area contributed by atoms with Gasteiger partial charge in [0.2, 0.25) is 0 Å². The highest BCUT2D eigenvalue weighted by atomic mass is 32.1. The Hall–Kier alpha value is -2.90. The molecule has 0 radical (unpaired) electrons. The number of amides is 1. The number of aryl methyl sites for hydroxylation is 1. The van der Waals surface area contributed by atoms with Gasteiger partial charge in [0.05, 0.1) is 28.4 Å². The van der Waals surface area contributed by atoms with E-state index in [9.17, 15) is 9.90 Å². The molecule has 0 aliphatic heterocycles. The number of aliphatic hydroxyl groups is 1. The molecule has 0 saturated carbocycles. The predicted molar refractivity (Wildman–Crippen MR) is 125 cm³/mol. The molecule has 158 valence electrons. The standard InChI is InChI=1S/C23H27N3O3S/c1-4-17-6-8-20-21(15-17)30-22(24-20)10-13-29-23(28)25-19-9-7-18(14-16(19)3)26(5-2)11-12-27/h4,6-9,14-15,27H,1,5,10-13H2,2-3H3,(H,25,28). The van der Waals surface area contributed by atoms with Crippen LogP contribution in [0.1, 0.15) is 23.1 Å². The predicted octanol–water partition coefficient (Wildman–Crippen LogP) is 4.86. The first kappa shape index (κ1) is 21.8. The van der Waals surface area contributed by atoms with E-state index in [1.807, 2.05) is 50.3 Å². The van der Waals surface area contributed by atoms with Crippen LogP contribution >= 0.6 is 11.3 Å². The van der Waals surface area contributed by atoms with Gasteiger partial charge >= 0.3 is 6.09 Å². The van der Waals surface area contributed by atoms with E-state index in [4.69, 9.17) is 4.74 Å². The lowest BCUT2D eigenvalue weighted by atomic mass is 10.1. The quantitative estimate of drug-likeness (QED) is 0.512. The Morgan fingerprint density at radius 1 is 1.33 bits per heavy atom. The summed E-state index contributed by atoms with van der Waals surface area (Å²) in [6, 6.07) is 11.8. The van der Waals surface area contributed by atoms with Gasteiger partial charge in [-0.25, -0.2) is 9.78 Å². The summed E-state index contributed by atoms with van der Waals surface area (Å²) in [5.74, 6) is 0. The number of likely N-dealkylation sites (N-methyl/N-ethyl adjacent to an activating group) is 1. The second-order valence-corrected chi connectivity index (χ2v) is 7.97.